The van der Waals surface area contributed by atoms with Crippen molar-refractivity contribution in [2.45, 2.75) is 70.5 Å². The van der Waals surface area contributed by atoms with Crippen LogP contribution >= 0.6 is 0 Å². The summed E-state index contributed by atoms with van der Waals surface area (Å²) < 4.78 is 60.8. The zero-order valence-electron chi connectivity index (χ0n) is 31.3. The van der Waals surface area contributed by atoms with Crippen molar-refractivity contribution < 1.29 is 32.5 Å². The van der Waals surface area contributed by atoms with E-state index >= 15 is 8.78 Å². The van der Waals surface area contributed by atoms with Crippen molar-refractivity contribution in [2.75, 3.05) is 21.3 Å². The number of methoxy groups -OCH3 is 3. The summed E-state index contributed by atoms with van der Waals surface area (Å²) in [5.74, 6) is 2.44. The van der Waals surface area contributed by atoms with Gasteiger partial charge in [0.05, 0.1) is 27.8 Å². The van der Waals surface area contributed by atoms with Crippen molar-refractivity contribution in [3.8, 4) is 39.9 Å². The fourth-order valence-corrected chi connectivity index (χ4v) is 10.8. The van der Waals surface area contributed by atoms with Gasteiger partial charge in [0.1, 0.15) is 17.2 Å². The van der Waals surface area contributed by atoms with E-state index in [1.54, 1.807) is 14.2 Å². The average Bonchev–Trinajstić information content (AvgIpc) is 3.60. The minimum Gasteiger partial charge on any atom is -0.497 e. The largest absolute Gasteiger partial charge is 0.497 e. The second kappa shape index (κ2) is 11.2. The SMILES string of the molecule is COc1ccc(C2(c3ccc(OC)cc3)C=Cc3c4c(c5c6c(c(OC)cc5c3O2)OC(F)(F)C6)-c2ccccc2C42CC(C)(C)CC(C)(C)C2)cc1. The van der Waals surface area contributed by atoms with Crippen LogP contribution in [0.3, 0.4) is 0 Å². The number of alkyl halides is 2. The van der Waals surface area contributed by atoms with E-state index < -0.39 is 23.5 Å². The molecule has 0 bridgehead atoms. The maximum absolute atomic E-state index is 15.5. The van der Waals surface area contributed by atoms with Crippen LogP contribution in [0.2, 0.25) is 0 Å². The van der Waals surface area contributed by atoms with Crippen molar-refractivity contribution in [3.05, 3.63) is 118 Å². The highest BCUT2D eigenvalue weighted by Crippen LogP contribution is 2.68. The molecule has 0 amide bonds. The van der Waals surface area contributed by atoms with Crippen LogP contribution in [0.15, 0.2) is 84.9 Å². The molecule has 2 aliphatic heterocycles. The molecule has 0 unspecified atom stereocenters. The summed E-state index contributed by atoms with van der Waals surface area (Å²) in [6.07, 6.45) is 3.32. The lowest BCUT2D eigenvalue weighted by molar-refractivity contribution is -0.159. The predicted octanol–water partition coefficient (Wildman–Crippen LogP) is 11.2. The molecule has 272 valence electrons. The van der Waals surface area contributed by atoms with E-state index in [-0.39, 0.29) is 22.3 Å². The molecule has 53 heavy (non-hydrogen) atoms. The Labute approximate surface area is 309 Å². The topological polar surface area (TPSA) is 46.2 Å². The lowest BCUT2D eigenvalue weighted by Crippen LogP contribution is -2.44. The van der Waals surface area contributed by atoms with Gasteiger partial charge in [0.25, 0.3) is 0 Å². The zero-order valence-corrected chi connectivity index (χ0v) is 31.3. The number of rotatable bonds is 5. The summed E-state index contributed by atoms with van der Waals surface area (Å²) in [5, 5.41) is 1.46. The molecule has 5 aromatic carbocycles. The molecule has 2 aliphatic carbocycles. The van der Waals surface area contributed by atoms with Gasteiger partial charge in [0.2, 0.25) is 0 Å². The first kappa shape index (κ1) is 33.8. The van der Waals surface area contributed by atoms with E-state index in [9.17, 15) is 0 Å². The summed E-state index contributed by atoms with van der Waals surface area (Å²) in [5.41, 5.74) is 6.22. The van der Waals surface area contributed by atoms with Crippen LogP contribution in [-0.4, -0.2) is 27.4 Å². The molecule has 9 rings (SSSR count). The van der Waals surface area contributed by atoms with E-state index in [0.717, 1.165) is 69.5 Å². The van der Waals surface area contributed by atoms with Crippen LogP contribution in [0.1, 0.15) is 80.3 Å². The lowest BCUT2D eigenvalue weighted by atomic mass is 9.52. The molecule has 0 atom stereocenters. The molecular weight excluding hydrogens is 670 g/mol. The van der Waals surface area contributed by atoms with Gasteiger partial charge in [-0.2, -0.15) is 8.78 Å². The van der Waals surface area contributed by atoms with Crippen molar-refractivity contribution >= 4 is 16.8 Å². The summed E-state index contributed by atoms with van der Waals surface area (Å²) in [6.45, 7) is 9.47. The number of ether oxygens (including phenoxy) is 5. The normalized spacial score (nSPS) is 20.1. The lowest BCUT2D eigenvalue weighted by Gasteiger charge is -2.52. The Morgan fingerprint density at radius 1 is 0.679 bits per heavy atom. The Bertz CT molecular complexity index is 2270. The summed E-state index contributed by atoms with van der Waals surface area (Å²) in [6, 6.07) is 26.2. The Morgan fingerprint density at radius 3 is 1.87 bits per heavy atom. The van der Waals surface area contributed by atoms with Crippen molar-refractivity contribution in [2.24, 2.45) is 10.8 Å². The van der Waals surface area contributed by atoms with E-state index in [0.29, 0.717) is 16.7 Å². The summed E-state index contributed by atoms with van der Waals surface area (Å²) >= 11 is 0. The van der Waals surface area contributed by atoms with E-state index in [2.05, 4.69) is 64.1 Å². The van der Waals surface area contributed by atoms with Crippen LogP contribution in [-0.2, 0) is 17.4 Å². The van der Waals surface area contributed by atoms with Gasteiger partial charge in [0.15, 0.2) is 17.1 Å². The molecule has 5 aromatic rings. The number of halogens is 2. The van der Waals surface area contributed by atoms with Gasteiger partial charge in [-0.05, 0) is 88.8 Å². The summed E-state index contributed by atoms with van der Waals surface area (Å²) in [4.78, 5) is 0. The third-order valence-electron chi connectivity index (χ3n) is 12.0. The van der Waals surface area contributed by atoms with Crippen LogP contribution in [0.4, 0.5) is 8.78 Å². The highest BCUT2D eigenvalue weighted by atomic mass is 19.3. The van der Waals surface area contributed by atoms with Crippen LogP contribution in [0.25, 0.3) is 28.0 Å². The first-order chi connectivity index (χ1) is 25.2. The Hall–Kier alpha value is -5.04. The highest BCUT2D eigenvalue weighted by Gasteiger charge is 2.56. The fraction of sp³-hybridized carbons (Fsp3) is 0.348. The minimum absolute atomic E-state index is 0.00545. The van der Waals surface area contributed by atoms with Gasteiger partial charge in [-0.3, -0.25) is 0 Å². The van der Waals surface area contributed by atoms with Gasteiger partial charge >= 0.3 is 6.11 Å². The molecule has 1 spiro atoms. The number of fused-ring (bicyclic) bond motifs is 12. The molecule has 0 radical (unpaired) electrons. The van der Waals surface area contributed by atoms with Crippen molar-refractivity contribution in [3.63, 3.8) is 0 Å². The second-order valence-corrected chi connectivity index (χ2v) is 16.8. The third kappa shape index (κ3) is 4.92. The maximum atomic E-state index is 15.5. The molecule has 7 heteroatoms. The van der Waals surface area contributed by atoms with Gasteiger partial charge in [0, 0.05) is 38.4 Å². The van der Waals surface area contributed by atoms with E-state index in [4.69, 9.17) is 23.7 Å². The van der Waals surface area contributed by atoms with E-state index in [1.165, 1.54) is 12.7 Å². The molecule has 0 aromatic heterocycles. The zero-order chi connectivity index (χ0) is 37.1. The van der Waals surface area contributed by atoms with Gasteiger partial charge in [-0.1, -0.05) is 82.3 Å². The van der Waals surface area contributed by atoms with Crippen molar-refractivity contribution in [1.29, 1.82) is 0 Å². The first-order valence-corrected chi connectivity index (χ1v) is 18.3. The average molecular weight is 715 g/mol. The summed E-state index contributed by atoms with van der Waals surface area (Å²) in [7, 11) is 4.79. The van der Waals surface area contributed by atoms with Crippen molar-refractivity contribution in [1.82, 2.24) is 0 Å². The predicted molar refractivity (Wildman–Crippen MR) is 204 cm³/mol. The van der Waals surface area contributed by atoms with E-state index in [1.807, 2.05) is 54.6 Å². The first-order valence-electron chi connectivity index (χ1n) is 18.3. The number of hydrogen-bond acceptors (Lipinski definition) is 5. The molecule has 2 heterocycles. The van der Waals surface area contributed by atoms with Gasteiger partial charge < -0.3 is 23.7 Å². The third-order valence-corrected chi connectivity index (χ3v) is 12.0. The smallest absolute Gasteiger partial charge is 0.402 e. The molecule has 0 N–H and O–H groups in total. The molecule has 0 saturated heterocycles. The second-order valence-electron chi connectivity index (χ2n) is 16.8. The Balaban J connectivity index is 1.42. The molecular formula is C46H44F2O5. The fourth-order valence-electron chi connectivity index (χ4n) is 10.8. The molecule has 1 fully saturated rings. The Morgan fingerprint density at radius 2 is 1.28 bits per heavy atom. The number of hydrogen-bond donors (Lipinski definition) is 0. The molecule has 5 nitrogen and oxygen atoms in total. The standard InChI is InChI=1S/C46H44F2O5/c1-42(2)24-43(3,4)26-44(25-42)35-11-9-8-10-31(35)38-37-33(22-36(51-7)41-34(37)23-46(47,48)53-41)40-32(39(38)44)20-21-45(52-40,27-12-16-29(49-5)17-13-27)28-14-18-30(50-6)19-15-28/h8-22H,23-26H2,1-7H3. The Kier molecular flexibility index (Phi) is 7.16. The quantitative estimate of drug-likeness (QED) is 0.181. The number of benzene rings is 5. The highest BCUT2D eigenvalue weighted by molar-refractivity contribution is 6.11. The maximum Gasteiger partial charge on any atom is 0.402 e. The van der Waals surface area contributed by atoms with Gasteiger partial charge in [-0.25, -0.2) is 0 Å². The van der Waals surface area contributed by atoms with Crippen LogP contribution < -0.4 is 23.7 Å². The van der Waals surface area contributed by atoms with Crippen LogP contribution in [0.5, 0.6) is 28.7 Å². The minimum atomic E-state index is -3.38. The molecule has 4 aliphatic rings. The van der Waals surface area contributed by atoms with Gasteiger partial charge in [-0.15, -0.1) is 0 Å². The van der Waals surface area contributed by atoms with Crippen LogP contribution in [0, 0.1) is 10.8 Å². The monoisotopic (exact) mass is 714 g/mol. The molecule has 1 saturated carbocycles.